The first kappa shape index (κ1) is 49.2. The van der Waals surface area contributed by atoms with Crippen LogP contribution in [0.25, 0.3) is 32.7 Å². The van der Waals surface area contributed by atoms with Crippen molar-refractivity contribution in [3.8, 4) is 11.1 Å². The summed E-state index contributed by atoms with van der Waals surface area (Å²) in [6, 6.07) is 103. The van der Waals surface area contributed by atoms with Crippen molar-refractivity contribution in [3.05, 3.63) is 302 Å². The molecule has 0 N–H and O–H groups in total. The highest BCUT2D eigenvalue weighted by atomic mass is 31.1. The van der Waals surface area contributed by atoms with Crippen LogP contribution >= 0.6 is 15.8 Å². The number of rotatable bonds is 10. The summed E-state index contributed by atoms with van der Waals surface area (Å²) in [6.45, 7) is 6.49. The van der Waals surface area contributed by atoms with Gasteiger partial charge in [0.05, 0.1) is 0 Å². The highest BCUT2D eigenvalue weighted by molar-refractivity contribution is 7.85. The molecule has 11 rings (SSSR count). The molecule has 0 saturated heterocycles. The molecule has 344 valence electrons. The van der Waals surface area contributed by atoms with Crippen molar-refractivity contribution >= 4 is 69.2 Å². The van der Waals surface area contributed by atoms with Gasteiger partial charge in [-0.15, -0.1) is 0 Å². The molecule has 0 aliphatic rings. The molecular weight excluding hydrogens is 879 g/mol. The van der Waals surface area contributed by atoms with Gasteiger partial charge in [-0.2, -0.15) is 0 Å². The molecule has 0 amide bonds. The molecular formula is C68H62P2. The number of hydrogen-bond donors (Lipinski definition) is 0. The predicted molar refractivity (Wildman–Crippen MR) is 312 cm³/mol. The number of benzene rings is 11. The zero-order valence-corrected chi connectivity index (χ0v) is 42.4. The highest BCUT2D eigenvalue weighted by Crippen LogP contribution is 2.45. The second-order valence-electron chi connectivity index (χ2n) is 16.9. The van der Waals surface area contributed by atoms with Crippen LogP contribution in [0.1, 0.15) is 37.5 Å². The van der Waals surface area contributed by atoms with Crippen LogP contribution in [-0.4, -0.2) is 0 Å². The van der Waals surface area contributed by atoms with Gasteiger partial charge in [0.25, 0.3) is 0 Å². The zero-order valence-electron chi connectivity index (χ0n) is 40.7. The Morgan fingerprint density at radius 3 is 0.971 bits per heavy atom. The second kappa shape index (κ2) is 26.0. The van der Waals surface area contributed by atoms with Crippen LogP contribution in [0.4, 0.5) is 0 Å². The molecule has 11 aromatic rings. The SMILES string of the molecule is CCc1ccccc1.CCc1ccccc1.CCc1ccccc1.c1ccc(P(c2ccccc2)c2cc3ccccc3c(-c3cccc4ccccc34)c2P(c2ccccc2)c2ccccc2)cc1. The summed E-state index contributed by atoms with van der Waals surface area (Å²) in [5, 5.41) is 13.4. The zero-order chi connectivity index (χ0) is 48.2. The molecule has 11 aromatic carbocycles. The summed E-state index contributed by atoms with van der Waals surface area (Å²) in [5.41, 5.74) is 6.87. The molecule has 0 fully saturated rings. The van der Waals surface area contributed by atoms with Crippen LogP contribution < -0.4 is 31.8 Å². The lowest BCUT2D eigenvalue weighted by molar-refractivity contribution is 1.14. The molecule has 0 heterocycles. The van der Waals surface area contributed by atoms with Crippen LogP contribution in [0.15, 0.2) is 285 Å². The van der Waals surface area contributed by atoms with E-state index in [1.165, 1.54) is 81.2 Å². The van der Waals surface area contributed by atoms with Gasteiger partial charge < -0.3 is 0 Å². The number of hydrogen-bond acceptors (Lipinski definition) is 0. The van der Waals surface area contributed by atoms with Crippen molar-refractivity contribution in [3.63, 3.8) is 0 Å². The molecule has 0 unspecified atom stereocenters. The monoisotopic (exact) mass is 940 g/mol. The Morgan fingerprint density at radius 2 is 0.586 bits per heavy atom. The highest BCUT2D eigenvalue weighted by Gasteiger charge is 2.30. The minimum Gasteiger partial charge on any atom is -0.0622 e. The van der Waals surface area contributed by atoms with Crippen LogP contribution in [0.3, 0.4) is 0 Å². The fraction of sp³-hybridized carbons (Fsp3) is 0.0882. The van der Waals surface area contributed by atoms with E-state index < -0.39 is 15.8 Å². The summed E-state index contributed by atoms with van der Waals surface area (Å²) < 4.78 is 0. The summed E-state index contributed by atoms with van der Waals surface area (Å²) in [6.07, 6.45) is 3.42. The Balaban J connectivity index is 0.000000222. The number of fused-ring (bicyclic) bond motifs is 2. The van der Waals surface area contributed by atoms with E-state index in [0.717, 1.165) is 19.3 Å². The van der Waals surface area contributed by atoms with Gasteiger partial charge in [-0.05, 0) is 117 Å². The van der Waals surface area contributed by atoms with E-state index in [1.807, 2.05) is 18.2 Å². The normalized spacial score (nSPS) is 10.6. The third kappa shape index (κ3) is 12.7. The third-order valence-electron chi connectivity index (χ3n) is 12.3. The predicted octanol–water partition coefficient (Wildman–Crippen LogP) is 15.9. The van der Waals surface area contributed by atoms with Crippen molar-refractivity contribution in [2.45, 2.75) is 40.0 Å². The summed E-state index contributed by atoms with van der Waals surface area (Å²) >= 11 is 0. The van der Waals surface area contributed by atoms with Crippen molar-refractivity contribution in [1.82, 2.24) is 0 Å². The first-order valence-corrected chi connectivity index (χ1v) is 27.3. The van der Waals surface area contributed by atoms with Crippen molar-refractivity contribution < 1.29 is 0 Å². The largest absolute Gasteiger partial charge is 0.0622 e. The molecule has 70 heavy (non-hydrogen) atoms. The van der Waals surface area contributed by atoms with Gasteiger partial charge in [-0.25, -0.2) is 0 Å². The van der Waals surface area contributed by atoms with E-state index in [2.05, 4.69) is 288 Å². The molecule has 0 saturated carbocycles. The molecule has 0 spiro atoms. The minimum atomic E-state index is -0.937. The van der Waals surface area contributed by atoms with Crippen LogP contribution in [0.2, 0.25) is 0 Å². The van der Waals surface area contributed by atoms with E-state index >= 15 is 0 Å². The molecule has 2 heteroatoms. The van der Waals surface area contributed by atoms with Crippen molar-refractivity contribution in [2.24, 2.45) is 0 Å². The van der Waals surface area contributed by atoms with E-state index in [1.54, 1.807) is 0 Å². The first-order valence-electron chi connectivity index (χ1n) is 24.6. The third-order valence-corrected chi connectivity index (χ3v) is 17.5. The Bertz CT molecular complexity index is 3050. The summed E-state index contributed by atoms with van der Waals surface area (Å²) in [7, 11) is -1.82. The van der Waals surface area contributed by atoms with Crippen LogP contribution in [0.5, 0.6) is 0 Å². The Hall–Kier alpha value is -7.20. The van der Waals surface area contributed by atoms with Gasteiger partial charge in [0.2, 0.25) is 0 Å². The maximum absolute atomic E-state index is 2.52. The average Bonchev–Trinajstić information content (AvgIpc) is 3.45. The molecule has 0 nitrogen and oxygen atoms in total. The molecule has 0 radical (unpaired) electrons. The molecule has 0 aliphatic heterocycles. The van der Waals surface area contributed by atoms with Gasteiger partial charge in [0.15, 0.2) is 0 Å². The Labute approximate surface area is 419 Å². The quantitative estimate of drug-likeness (QED) is 0.120. The van der Waals surface area contributed by atoms with Gasteiger partial charge in [-0.3, -0.25) is 0 Å². The second-order valence-corrected chi connectivity index (χ2v) is 21.2. The van der Waals surface area contributed by atoms with Crippen molar-refractivity contribution in [2.75, 3.05) is 0 Å². The average molecular weight is 941 g/mol. The summed E-state index contributed by atoms with van der Waals surface area (Å²) in [5.74, 6) is 0. The maximum atomic E-state index is 2.52. The molecule has 0 aliphatic carbocycles. The fourth-order valence-corrected chi connectivity index (χ4v) is 14.2. The lowest BCUT2D eigenvalue weighted by Crippen LogP contribution is -2.36. The standard InChI is InChI=1S/C44H32P2.3C8H10/c1-5-21-35(22-6-1)45(36-23-7-2-8-24-36)42-32-34-19-14-16-30-40(34)43(41-31-17-20-33-18-13-15-29-39(33)41)44(42)46(37-25-9-3-10-26-37)38-27-11-4-12-28-38;3*1-2-8-6-4-3-5-7-8/h1-32H;3*3-7H,2H2,1H3. The smallest absolute Gasteiger partial charge is 0.00177 e. The Kier molecular flexibility index (Phi) is 18.3. The van der Waals surface area contributed by atoms with E-state index in [-0.39, 0.29) is 0 Å². The van der Waals surface area contributed by atoms with Crippen molar-refractivity contribution in [1.29, 1.82) is 0 Å². The minimum absolute atomic E-state index is 0.887. The summed E-state index contributed by atoms with van der Waals surface area (Å²) in [4.78, 5) is 0. The van der Waals surface area contributed by atoms with E-state index in [4.69, 9.17) is 0 Å². The van der Waals surface area contributed by atoms with E-state index in [9.17, 15) is 0 Å². The molecule has 0 atom stereocenters. The van der Waals surface area contributed by atoms with Gasteiger partial charge in [-0.1, -0.05) is 300 Å². The van der Waals surface area contributed by atoms with Gasteiger partial charge in [0, 0.05) is 5.30 Å². The lowest BCUT2D eigenvalue weighted by atomic mass is 9.94. The number of aryl methyl sites for hydroxylation is 3. The topological polar surface area (TPSA) is 0 Å². The van der Waals surface area contributed by atoms with Gasteiger partial charge >= 0.3 is 0 Å². The molecule has 0 aromatic heterocycles. The fourth-order valence-electron chi connectivity index (χ4n) is 8.72. The van der Waals surface area contributed by atoms with Crippen LogP contribution in [0, 0.1) is 0 Å². The van der Waals surface area contributed by atoms with E-state index in [0.29, 0.717) is 0 Å². The molecule has 0 bridgehead atoms. The lowest BCUT2D eigenvalue weighted by Gasteiger charge is -2.31. The van der Waals surface area contributed by atoms with Crippen LogP contribution in [-0.2, 0) is 19.3 Å². The first-order chi connectivity index (χ1) is 34.7. The Morgan fingerprint density at radius 1 is 0.271 bits per heavy atom. The maximum Gasteiger partial charge on any atom is 0.00177 e. The van der Waals surface area contributed by atoms with Gasteiger partial charge in [0.1, 0.15) is 0 Å².